The number of fused-ring (bicyclic) bond motifs is 5. The Bertz CT molecular complexity index is 1790. The second kappa shape index (κ2) is 13.4. The molecule has 1 heterocycles. The average Bonchev–Trinajstić information content (AvgIpc) is 3.09. The summed E-state index contributed by atoms with van der Waals surface area (Å²) < 4.78 is 35.6. The zero-order valence-electron chi connectivity index (χ0n) is 30.0. The van der Waals surface area contributed by atoms with Gasteiger partial charge in [-0.2, -0.15) is 0 Å². The van der Waals surface area contributed by atoms with Gasteiger partial charge < -0.3 is 38.6 Å². The first kappa shape index (κ1) is 37.2. The number of carbonyl (C=O) groups excluding carboxylic acids is 5. The Labute approximate surface area is 301 Å². The monoisotopic (exact) mass is 720 g/mol. The summed E-state index contributed by atoms with van der Waals surface area (Å²) in [6.45, 7) is 8.13. The molecule has 2 aromatic rings. The maximum absolute atomic E-state index is 15.5. The Kier molecular flexibility index (Phi) is 9.60. The topological polar surface area (TPSA) is 181 Å². The highest BCUT2D eigenvalue weighted by molar-refractivity contribution is 5.95. The van der Waals surface area contributed by atoms with Gasteiger partial charge >= 0.3 is 24.1 Å². The third kappa shape index (κ3) is 5.88. The Morgan fingerprint density at radius 1 is 0.904 bits per heavy atom. The van der Waals surface area contributed by atoms with Gasteiger partial charge in [-0.3, -0.25) is 14.4 Å². The van der Waals surface area contributed by atoms with Crippen molar-refractivity contribution in [3.63, 3.8) is 0 Å². The maximum Gasteiger partial charge on any atom is 0.508 e. The van der Waals surface area contributed by atoms with Crippen LogP contribution in [0.25, 0.3) is 0 Å². The number of carbonyl (C=O) groups is 5. The number of hydrogen-bond acceptors (Lipinski definition) is 13. The van der Waals surface area contributed by atoms with Gasteiger partial charge in [0, 0.05) is 32.1 Å². The van der Waals surface area contributed by atoms with Crippen molar-refractivity contribution in [2.45, 2.75) is 103 Å². The summed E-state index contributed by atoms with van der Waals surface area (Å²) in [5.74, 6) is -4.73. The molecule has 0 unspecified atom stereocenters. The summed E-state index contributed by atoms with van der Waals surface area (Å²) in [6.07, 6.45) is -8.89. The Hall–Kier alpha value is -4.59. The van der Waals surface area contributed by atoms with E-state index in [0.717, 1.165) is 6.92 Å². The number of ether oxygens (including phenoxy) is 6. The Balaban J connectivity index is 1.58. The van der Waals surface area contributed by atoms with E-state index in [4.69, 9.17) is 28.4 Å². The number of Topliss-reactive ketones (excluding diaryl/α,β-unsaturated/α-hetero) is 1. The number of benzene rings is 2. The summed E-state index contributed by atoms with van der Waals surface area (Å²) in [5, 5.41) is 24.7. The van der Waals surface area contributed by atoms with Gasteiger partial charge in [-0.1, -0.05) is 62.4 Å². The summed E-state index contributed by atoms with van der Waals surface area (Å²) in [6, 6.07) is 16.8. The molecule has 52 heavy (non-hydrogen) atoms. The normalized spacial score (nSPS) is 34.6. The SMILES string of the molecule is CC(=O)O[C@H]1C(=O)[C@]2(C)[C@@H](OC(=O)OCc3ccccc3)C[C@H]3OC[C@@]3(OC(C)=O)[C@H]2[C@H](OC(=O)c2ccccc2)[C@]2(O)C[C@H](O)C(C)=C1C2(C)C. The molecule has 3 fully saturated rings. The quantitative estimate of drug-likeness (QED) is 0.238. The van der Waals surface area contributed by atoms with E-state index in [0.29, 0.717) is 5.56 Å². The lowest BCUT2D eigenvalue weighted by Gasteiger charge is -2.67. The maximum atomic E-state index is 15.5. The molecule has 0 radical (unpaired) electrons. The molecule has 1 saturated heterocycles. The number of esters is 3. The third-order valence-corrected chi connectivity index (χ3v) is 11.6. The average molecular weight is 721 g/mol. The molecule has 4 aliphatic rings. The zero-order chi connectivity index (χ0) is 37.8. The van der Waals surface area contributed by atoms with E-state index in [1.54, 1.807) is 69.3 Å². The minimum Gasteiger partial charge on any atom is -0.455 e. The lowest BCUT2D eigenvalue weighted by Crippen LogP contribution is -2.82. The van der Waals surface area contributed by atoms with Crippen LogP contribution in [0.1, 0.15) is 70.3 Å². The van der Waals surface area contributed by atoms with Gasteiger partial charge in [0.2, 0.25) is 0 Å². The van der Waals surface area contributed by atoms with Crippen molar-refractivity contribution in [3.8, 4) is 0 Å². The Morgan fingerprint density at radius 2 is 1.54 bits per heavy atom. The Morgan fingerprint density at radius 3 is 2.12 bits per heavy atom. The van der Waals surface area contributed by atoms with Gasteiger partial charge in [0.1, 0.15) is 30.5 Å². The second-order valence-corrected chi connectivity index (χ2v) is 14.9. The van der Waals surface area contributed by atoms with Crippen molar-refractivity contribution < 1.29 is 62.6 Å². The van der Waals surface area contributed by atoms with E-state index in [1.165, 1.54) is 26.0 Å². The van der Waals surface area contributed by atoms with E-state index in [9.17, 15) is 29.4 Å². The van der Waals surface area contributed by atoms with E-state index in [2.05, 4.69) is 0 Å². The van der Waals surface area contributed by atoms with Crippen LogP contribution >= 0.6 is 0 Å². The largest absolute Gasteiger partial charge is 0.508 e. The van der Waals surface area contributed by atoms with Crippen LogP contribution < -0.4 is 0 Å². The highest BCUT2D eigenvalue weighted by atomic mass is 16.7. The predicted octanol–water partition coefficient (Wildman–Crippen LogP) is 4.01. The zero-order valence-corrected chi connectivity index (χ0v) is 30.0. The van der Waals surface area contributed by atoms with Gasteiger partial charge in [0.25, 0.3) is 0 Å². The molecule has 2 N–H and O–H groups in total. The van der Waals surface area contributed by atoms with Gasteiger partial charge in [-0.15, -0.1) is 0 Å². The molecule has 2 saturated carbocycles. The molecule has 0 spiro atoms. The first-order chi connectivity index (χ1) is 24.5. The number of ketones is 1. The smallest absolute Gasteiger partial charge is 0.455 e. The molecular weight excluding hydrogens is 676 g/mol. The highest BCUT2D eigenvalue weighted by Gasteiger charge is 2.79. The molecule has 0 amide bonds. The number of aliphatic hydroxyl groups excluding tert-OH is 1. The molecule has 13 nitrogen and oxygen atoms in total. The fraction of sp³-hybridized carbons (Fsp3) is 0.513. The molecule has 278 valence electrons. The molecular formula is C39H44O13. The molecule has 1 aliphatic heterocycles. The number of hydrogen-bond donors (Lipinski definition) is 2. The van der Waals surface area contributed by atoms with Crippen molar-refractivity contribution in [2.75, 3.05) is 6.61 Å². The lowest BCUT2D eigenvalue weighted by atomic mass is 9.44. The number of rotatable bonds is 7. The standard InChI is InChI=1S/C39H44O13/c1-21-26(42)18-39(46)33(51-34(44)25-15-11-8-12-16-25)31-37(6,32(43)30(49-22(2)40)29(21)36(39,4)5)27(17-28-38(31,20-48-28)52-23(3)41)50-35(45)47-19-24-13-9-7-10-14-24/h7-16,26-28,30-31,33,42,46H,17-20H2,1-6H3/t26-,27-,28+,30+,31-,33-,37+,38-,39+/m0/s1. The van der Waals surface area contributed by atoms with E-state index in [1.807, 2.05) is 0 Å². The van der Waals surface area contributed by atoms with Crippen molar-refractivity contribution in [1.82, 2.24) is 0 Å². The second-order valence-electron chi connectivity index (χ2n) is 14.9. The molecule has 13 heteroatoms. The van der Waals surface area contributed by atoms with Crippen molar-refractivity contribution >= 4 is 29.8 Å². The highest BCUT2D eigenvalue weighted by Crippen LogP contribution is 2.64. The molecule has 6 rings (SSSR count). The van der Waals surface area contributed by atoms with Gasteiger partial charge in [0.05, 0.1) is 29.6 Å². The third-order valence-electron chi connectivity index (χ3n) is 11.6. The van der Waals surface area contributed by atoms with Crippen molar-refractivity contribution in [1.29, 1.82) is 0 Å². The first-order valence-corrected chi connectivity index (χ1v) is 17.2. The van der Waals surface area contributed by atoms with Crippen LogP contribution in [0.15, 0.2) is 71.8 Å². The number of aliphatic hydroxyl groups is 2. The minimum atomic E-state index is -2.21. The molecule has 2 bridgehead atoms. The van der Waals surface area contributed by atoms with Crippen LogP contribution in [-0.2, 0) is 49.4 Å². The van der Waals surface area contributed by atoms with E-state index < -0.39 is 88.3 Å². The molecule has 9 atom stereocenters. The fourth-order valence-electron chi connectivity index (χ4n) is 8.92. The summed E-state index contributed by atoms with van der Waals surface area (Å²) in [7, 11) is 0. The van der Waals surface area contributed by atoms with Gasteiger partial charge in [0.15, 0.2) is 17.5 Å². The minimum absolute atomic E-state index is 0.105. The summed E-state index contributed by atoms with van der Waals surface area (Å²) in [5.41, 5.74) is -6.27. The van der Waals surface area contributed by atoms with E-state index >= 15 is 4.79 Å². The van der Waals surface area contributed by atoms with E-state index in [-0.39, 0.29) is 42.8 Å². The molecule has 0 aromatic heterocycles. The van der Waals surface area contributed by atoms with Crippen molar-refractivity contribution in [3.05, 3.63) is 82.9 Å². The van der Waals surface area contributed by atoms with Crippen LogP contribution in [0.5, 0.6) is 0 Å². The van der Waals surface area contributed by atoms with Crippen molar-refractivity contribution in [2.24, 2.45) is 16.7 Å². The summed E-state index contributed by atoms with van der Waals surface area (Å²) >= 11 is 0. The summed E-state index contributed by atoms with van der Waals surface area (Å²) in [4.78, 5) is 68.6. The van der Waals surface area contributed by atoms with Crippen LogP contribution in [0.2, 0.25) is 0 Å². The van der Waals surface area contributed by atoms with Crippen LogP contribution in [-0.4, -0.2) is 88.4 Å². The first-order valence-electron chi connectivity index (χ1n) is 17.2. The van der Waals surface area contributed by atoms with Gasteiger partial charge in [-0.25, -0.2) is 9.59 Å². The fourth-order valence-corrected chi connectivity index (χ4v) is 8.92. The molecule has 2 aromatic carbocycles. The molecule has 3 aliphatic carbocycles. The van der Waals surface area contributed by atoms with Gasteiger partial charge in [-0.05, 0) is 42.7 Å². The lowest BCUT2D eigenvalue weighted by molar-refractivity contribution is -0.346. The van der Waals surface area contributed by atoms with Crippen LogP contribution in [0, 0.1) is 16.7 Å². The van der Waals surface area contributed by atoms with Crippen LogP contribution in [0.4, 0.5) is 4.79 Å². The predicted molar refractivity (Wildman–Crippen MR) is 180 cm³/mol. The van der Waals surface area contributed by atoms with Crippen LogP contribution in [0.3, 0.4) is 0 Å².